The third kappa shape index (κ3) is 3.93. The highest BCUT2D eigenvalue weighted by molar-refractivity contribution is 9.10. The summed E-state index contributed by atoms with van der Waals surface area (Å²) in [7, 11) is 0. The molecule has 0 atom stereocenters. The fraction of sp³-hybridized carbons (Fsp3) is 0.571. The summed E-state index contributed by atoms with van der Waals surface area (Å²) in [4.78, 5) is 14.5. The second-order valence-corrected chi connectivity index (χ2v) is 5.77. The molecule has 6 heteroatoms. The summed E-state index contributed by atoms with van der Waals surface area (Å²) >= 11 is 3.34. The van der Waals surface area contributed by atoms with Crippen molar-refractivity contribution in [1.82, 2.24) is 14.7 Å². The molecule has 1 aromatic heterocycles. The predicted octanol–water partition coefficient (Wildman–Crippen LogP) is 2.09. The van der Waals surface area contributed by atoms with Crippen LogP contribution in [0, 0.1) is 0 Å². The van der Waals surface area contributed by atoms with E-state index in [0.29, 0.717) is 11.0 Å². The molecule has 1 aliphatic heterocycles. The van der Waals surface area contributed by atoms with Gasteiger partial charge >= 0.3 is 0 Å². The smallest absolute Gasteiger partial charge is 0.283 e. The maximum absolute atomic E-state index is 12.0. The molecule has 0 radical (unpaired) electrons. The fourth-order valence-corrected chi connectivity index (χ4v) is 2.82. The third-order valence-corrected chi connectivity index (χ3v) is 4.22. The van der Waals surface area contributed by atoms with Crippen LogP contribution in [0.4, 0.5) is 5.69 Å². The van der Waals surface area contributed by atoms with Gasteiger partial charge in [-0.2, -0.15) is 5.10 Å². The standard InChI is InChI=1S/C14H21BrN4O/c1-2-7-19-14(20)13(15)12(11-17-19)16-6-5-10-18-8-3-4-9-18/h2,11,16H,1,3-10H2. The number of nitrogens with zero attached hydrogens (tertiary/aromatic N) is 3. The molecule has 2 rings (SSSR count). The van der Waals surface area contributed by atoms with Gasteiger partial charge in [0.2, 0.25) is 0 Å². The van der Waals surface area contributed by atoms with E-state index in [1.165, 1.54) is 30.6 Å². The average Bonchev–Trinajstić information content (AvgIpc) is 2.95. The first-order valence-corrected chi connectivity index (χ1v) is 7.84. The zero-order valence-electron chi connectivity index (χ0n) is 11.6. The number of rotatable bonds is 7. The van der Waals surface area contributed by atoms with Gasteiger partial charge in [0.05, 0.1) is 18.4 Å². The van der Waals surface area contributed by atoms with E-state index in [1.807, 2.05) is 0 Å². The van der Waals surface area contributed by atoms with E-state index in [9.17, 15) is 4.79 Å². The van der Waals surface area contributed by atoms with Crippen LogP contribution in [0.15, 0.2) is 28.1 Å². The minimum absolute atomic E-state index is 0.130. The van der Waals surface area contributed by atoms with Crippen LogP contribution in [-0.2, 0) is 6.54 Å². The summed E-state index contributed by atoms with van der Waals surface area (Å²) in [5, 5.41) is 7.39. The fourth-order valence-electron chi connectivity index (χ4n) is 2.37. The van der Waals surface area contributed by atoms with Crippen molar-refractivity contribution < 1.29 is 0 Å². The van der Waals surface area contributed by atoms with Crippen LogP contribution in [0.3, 0.4) is 0 Å². The summed E-state index contributed by atoms with van der Waals surface area (Å²) in [6, 6.07) is 0. The van der Waals surface area contributed by atoms with E-state index in [-0.39, 0.29) is 5.56 Å². The molecular weight excluding hydrogens is 320 g/mol. The summed E-state index contributed by atoms with van der Waals surface area (Å²) in [5.41, 5.74) is 0.631. The zero-order valence-corrected chi connectivity index (χ0v) is 13.2. The molecule has 0 unspecified atom stereocenters. The number of likely N-dealkylation sites (tertiary alicyclic amines) is 1. The first-order valence-electron chi connectivity index (χ1n) is 7.05. The molecular formula is C14H21BrN4O. The Balaban J connectivity index is 1.84. The second-order valence-electron chi connectivity index (χ2n) is 4.98. The SMILES string of the molecule is C=CCn1ncc(NCCCN2CCCC2)c(Br)c1=O. The molecule has 1 aromatic rings. The minimum atomic E-state index is -0.130. The monoisotopic (exact) mass is 340 g/mol. The highest BCUT2D eigenvalue weighted by atomic mass is 79.9. The molecule has 0 aliphatic carbocycles. The molecule has 1 aliphatic rings. The van der Waals surface area contributed by atoms with Gasteiger partial charge < -0.3 is 10.2 Å². The van der Waals surface area contributed by atoms with Crippen molar-refractivity contribution in [3.05, 3.63) is 33.7 Å². The molecule has 1 saturated heterocycles. The van der Waals surface area contributed by atoms with E-state index < -0.39 is 0 Å². The maximum Gasteiger partial charge on any atom is 0.283 e. The molecule has 20 heavy (non-hydrogen) atoms. The van der Waals surface area contributed by atoms with Crippen molar-refractivity contribution in [3.8, 4) is 0 Å². The predicted molar refractivity (Wildman–Crippen MR) is 85.2 cm³/mol. The highest BCUT2D eigenvalue weighted by Crippen LogP contribution is 2.16. The van der Waals surface area contributed by atoms with Crippen LogP contribution >= 0.6 is 15.9 Å². The van der Waals surface area contributed by atoms with Crippen molar-refractivity contribution >= 4 is 21.6 Å². The van der Waals surface area contributed by atoms with Gasteiger partial charge in [-0.25, -0.2) is 4.68 Å². The first-order chi connectivity index (χ1) is 9.72. The van der Waals surface area contributed by atoms with Crippen LogP contribution in [0.25, 0.3) is 0 Å². The molecule has 0 bridgehead atoms. The lowest BCUT2D eigenvalue weighted by atomic mass is 10.3. The van der Waals surface area contributed by atoms with Crippen LogP contribution in [0.5, 0.6) is 0 Å². The van der Waals surface area contributed by atoms with Crippen LogP contribution in [0.2, 0.25) is 0 Å². The largest absolute Gasteiger partial charge is 0.383 e. The number of anilines is 1. The first kappa shape index (κ1) is 15.3. The Morgan fingerprint density at radius 1 is 1.45 bits per heavy atom. The molecule has 1 N–H and O–H groups in total. The molecule has 0 saturated carbocycles. The number of hydrogen-bond acceptors (Lipinski definition) is 4. The lowest BCUT2D eigenvalue weighted by Crippen LogP contribution is -2.25. The van der Waals surface area contributed by atoms with Crippen LogP contribution < -0.4 is 10.9 Å². The average molecular weight is 341 g/mol. The quantitative estimate of drug-likeness (QED) is 0.610. The molecule has 0 spiro atoms. The number of nitrogens with one attached hydrogen (secondary N) is 1. The van der Waals surface area contributed by atoms with Crippen LogP contribution in [-0.4, -0.2) is 40.9 Å². The lowest BCUT2D eigenvalue weighted by molar-refractivity contribution is 0.337. The second kappa shape index (κ2) is 7.59. The summed E-state index contributed by atoms with van der Waals surface area (Å²) in [6.45, 7) is 8.45. The Bertz CT molecular complexity index is 508. The Morgan fingerprint density at radius 2 is 2.20 bits per heavy atom. The van der Waals surface area contributed by atoms with E-state index in [0.717, 1.165) is 25.2 Å². The van der Waals surface area contributed by atoms with Crippen molar-refractivity contribution in [2.45, 2.75) is 25.8 Å². The molecule has 5 nitrogen and oxygen atoms in total. The summed E-state index contributed by atoms with van der Waals surface area (Å²) in [5.74, 6) is 0. The molecule has 1 fully saturated rings. The Labute approximate surface area is 127 Å². The van der Waals surface area contributed by atoms with Gasteiger partial charge in [0.1, 0.15) is 4.47 Å². The third-order valence-electron chi connectivity index (χ3n) is 3.45. The van der Waals surface area contributed by atoms with Gasteiger partial charge in [0.25, 0.3) is 5.56 Å². The highest BCUT2D eigenvalue weighted by Gasteiger charge is 2.11. The van der Waals surface area contributed by atoms with E-state index in [2.05, 4.69) is 37.8 Å². The molecule has 0 amide bonds. The van der Waals surface area contributed by atoms with Gasteiger partial charge in [0, 0.05) is 6.54 Å². The van der Waals surface area contributed by atoms with E-state index in [1.54, 1.807) is 12.3 Å². The van der Waals surface area contributed by atoms with Gasteiger partial charge in [-0.3, -0.25) is 4.79 Å². The molecule has 110 valence electrons. The van der Waals surface area contributed by atoms with Gasteiger partial charge in [-0.05, 0) is 54.8 Å². The van der Waals surface area contributed by atoms with Gasteiger partial charge in [0.15, 0.2) is 0 Å². The molecule has 0 aromatic carbocycles. The van der Waals surface area contributed by atoms with Crippen molar-refractivity contribution in [1.29, 1.82) is 0 Å². The Kier molecular flexibility index (Phi) is 5.79. The topological polar surface area (TPSA) is 50.2 Å². The van der Waals surface area contributed by atoms with E-state index >= 15 is 0 Å². The van der Waals surface area contributed by atoms with E-state index in [4.69, 9.17) is 0 Å². The summed E-state index contributed by atoms with van der Waals surface area (Å²) in [6.07, 6.45) is 7.06. The number of aromatic nitrogens is 2. The van der Waals surface area contributed by atoms with Crippen LogP contribution in [0.1, 0.15) is 19.3 Å². The minimum Gasteiger partial charge on any atom is -0.383 e. The Hall–Kier alpha value is -1.14. The molecule has 2 heterocycles. The summed E-state index contributed by atoms with van der Waals surface area (Å²) < 4.78 is 1.92. The van der Waals surface area contributed by atoms with Crippen molar-refractivity contribution in [3.63, 3.8) is 0 Å². The lowest BCUT2D eigenvalue weighted by Gasteiger charge is -2.15. The number of hydrogen-bond donors (Lipinski definition) is 1. The number of halogens is 1. The number of allylic oxidation sites excluding steroid dienone is 1. The normalized spacial score (nSPS) is 15.4. The zero-order chi connectivity index (χ0) is 14.4. The van der Waals surface area contributed by atoms with Gasteiger partial charge in [-0.15, -0.1) is 6.58 Å². The van der Waals surface area contributed by atoms with Gasteiger partial charge in [-0.1, -0.05) is 6.08 Å². The Morgan fingerprint density at radius 3 is 2.90 bits per heavy atom. The van der Waals surface area contributed by atoms with Crippen molar-refractivity contribution in [2.24, 2.45) is 0 Å². The maximum atomic E-state index is 12.0. The van der Waals surface area contributed by atoms with Crippen molar-refractivity contribution in [2.75, 3.05) is 31.5 Å².